The van der Waals surface area contributed by atoms with Gasteiger partial charge >= 0.3 is 0 Å². The quantitative estimate of drug-likeness (QED) is 0.942. The van der Waals surface area contributed by atoms with Crippen molar-refractivity contribution in [1.29, 1.82) is 0 Å². The van der Waals surface area contributed by atoms with Gasteiger partial charge in [-0.25, -0.2) is 0 Å². The van der Waals surface area contributed by atoms with E-state index in [2.05, 4.69) is 27.3 Å². The summed E-state index contributed by atoms with van der Waals surface area (Å²) in [5.41, 5.74) is 1.06. The van der Waals surface area contributed by atoms with Gasteiger partial charge in [0.15, 0.2) is 0 Å². The zero-order valence-corrected chi connectivity index (χ0v) is 14.0. The van der Waals surface area contributed by atoms with Crippen LogP contribution in [0.3, 0.4) is 0 Å². The Hall–Kier alpha value is -2.14. The maximum Gasteiger partial charge on any atom is 0.221 e. The van der Waals surface area contributed by atoms with Gasteiger partial charge in [-0.05, 0) is 43.5 Å². The maximum atomic E-state index is 12.1. The zero-order valence-electron chi connectivity index (χ0n) is 14.0. The molecule has 4 rings (SSSR count). The predicted octanol–water partition coefficient (Wildman–Crippen LogP) is 2.62. The van der Waals surface area contributed by atoms with Gasteiger partial charge in [0, 0.05) is 43.4 Å². The summed E-state index contributed by atoms with van der Waals surface area (Å²) in [5.74, 6) is 2.37. The molecule has 1 spiro atoms. The molecule has 5 nitrogen and oxygen atoms in total. The van der Waals surface area contributed by atoms with Gasteiger partial charge < -0.3 is 9.73 Å². The van der Waals surface area contributed by atoms with E-state index in [1.807, 2.05) is 25.3 Å². The van der Waals surface area contributed by atoms with Gasteiger partial charge in [0.25, 0.3) is 0 Å². The van der Waals surface area contributed by atoms with Crippen molar-refractivity contribution in [3.8, 4) is 0 Å². The van der Waals surface area contributed by atoms with Gasteiger partial charge in [0.2, 0.25) is 5.91 Å². The zero-order chi connectivity index (χ0) is 16.6. The molecule has 2 saturated heterocycles. The lowest BCUT2D eigenvalue weighted by Gasteiger charge is -2.42. The molecule has 2 aromatic rings. The van der Waals surface area contributed by atoms with Crippen molar-refractivity contribution in [1.82, 2.24) is 15.2 Å². The van der Waals surface area contributed by atoms with Crippen molar-refractivity contribution in [3.05, 3.63) is 53.7 Å². The van der Waals surface area contributed by atoms with E-state index in [1.54, 1.807) is 6.20 Å². The number of nitrogens with zero attached hydrogens (tertiary/aromatic N) is 2. The molecule has 1 N–H and O–H groups in total. The molecular formula is C19H23N3O2. The first-order valence-electron chi connectivity index (χ1n) is 8.63. The van der Waals surface area contributed by atoms with Crippen LogP contribution in [-0.4, -0.2) is 34.4 Å². The number of carbonyl (C=O) groups is 1. The van der Waals surface area contributed by atoms with Crippen molar-refractivity contribution in [2.75, 3.05) is 13.1 Å². The lowest BCUT2D eigenvalue weighted by Crippen LogP contribution is -2.53. The van der Waals surface area contributed by atoms with Crippen LogP contribution in [0.2, 0.25) is 0 Å². The Kier molecular flexibility index (Phi) is 3.88. The number of hydrogen-bond acceptors (Lipinski definition) is 4. The third-order valence-electron chi connectivity index (χ3n) is 5.46. The number of pyridine rings is 1. The largest absolute Gasteiger partial charge is 0.465 e. The lowest BCUT2D eigenvalue weighted by molar-refractivity contribution is -0.120. The summed E-state index contributed by atoms with van der Waals surface area (Å²) in [6.07, 6.45) is 6.21. The monoisotopic (exact) mass is 325 g/mol. The third kappa shape index (κ3) is 2.84. The number of aromatic nitrogens is 1. The number of hydrogen-bond donors (Lipinski definition) is 1. The van der Waals surface area contributed by atoms with Crippen molar-refractivity contribution < 1.29 is 9.21 Å². The van der Waals surface area contributed by atoms with Crippen LogP contribution in [0.15, 0.2) is 41.1 Å². The molecule has 0 saturated carbocycles. The van der Waals surface area contributed by atoms with E-state index in [0.29, 0.717) is 6.42 Å². The molecule has 0 bridgehead atoms. The molecule has 5 heteroatoms. The standard InChI is InChI=1S/C19H23N3O2/c1-14-4-5-16(24-14)13-22-9-6-19(7-10-22)17(11-18(23)21-19)15-3-2-8-20-12-15/h2-5,8,12,17H,6-7,9-11,13H2,1H3,(H,21,23)/t17-/m0/s1. The second-order valence-corrected chi connectivity index (χ2v) is 7.04. The van der Waals surface area contributed by atoms with Gasteiger partial charge in [-0.2, -0.15) is 0 Å². The van der Waals surface area contributed by atoms with Gasteiger partial charge in [0.1, 0.15) is 11.5 Å². The fraction of sp³-hybridized carbons (Fsp3) is 0.474. The van der Waals surface area contributed by atoms with Crippen LogP contribution >= 0.6 is 0 Å². The Balaban J connectivity index is 1.47. The summed E-state index contributed by atoms with van der Waals surface area (Å²) in [4.78, 5) is 18.8. The Morgan fingerprint density at radius 1 is 1.33 bits per heavy atom. The smallest absolute Gasteiger partial charge is 0.221 e. The summed E-state index contributed by atoms with van der Waals surface area (Å²) in [7, 11) is 0. The van der Waals surface area contributed by atoms with Gasteiger partial charge in [-0.1, -0.05) is 6.07 Å². The van der Waals surface area contributed by atoms with E-state index in [0.717, 1.165) is 44.0 Å². The van der Waals surface area contributed by atoms with E-state index in [4.69, 9.17) is 4.42 Å². The molecule has 1 amide bonds. The highest BCUT2D eigenvalue weighted by Crippen LogP contribution is 2.43. The van der Waals surface area contributed by atoms with E-state index in [1.165, 1.54) is 5.56 Å². The van der Waals surface area contributed by atoms with Crippen LogP contribution in [0.4, 0.5) is 0 Å². The van der Waals surface area contributed by atoms with Crippen molar-refractivity contribution in [3.63, 3.8) is 0 Å². The first-order chi connectivity index (χ1) is 11.6. The van der Waals surface area contributed by atoms with Crippen LogP contribution in [0, 0.1) is 6.92 Å². The fourth-order valence-electron chi connectivity index (χ4n) is 4.19. The highest BCUT2D eigenvalue weighted by atomic mass is 16.3. The van der Waals surface area contributed by atoms with E-state index in [-0.39, 0.29) is 17.4 Å². The Morgan fingerprint density at radius 2 is 2.17 bits per heavy atom. The highest BCUT2D eigenvalue weighted by molar-refractivity contribution is 5.81. The second kappa shape index (κ2) is 6.06. The first-order valence-corrected chi connectivity index (χ1v) is 8.63. The molecule has 0 radical (unpaired) electrons. The molecule has 2 aliphatic heterocycles. The first kappa shape index (κ1) is 15.4. The van der Waals surface area contributed by atoms with E-state index in [9.17, 15) is 4.79 Å². The van der Waals surface area contributed by atoms with E-state index < -0.39 is 0 Å². The van der Waals surface area contributed by atoms with Crippen LogP contribution in [0.5, 0.6) is 0 Å². The van der Waals surface area contributed by atoms with Crippen molar-refractivity contribution in [2.24, 2.45) is 0 Å². The molecule has 0 aliphatic carbocycles. The Bertz CT molecular complexity index is 717. The number of piperidine rings is 1. The average Bonchev–Trinajstić information content (AvgIpc) is 3.14. The minimum absolute atomic E-state index is 0.115. The summed E-state index contributed by atoms with van der Waals surface area (Å²) >= 11 is 0. The number of furan rings is 1. The minimum atomic E-state index is -0.115. The lowest BCUT2D eigenvalue weighted by atomic mass is 9.75. The third-order valence-corrected chi connectivity index (χ3v) is 5.46. The Morgan fingerprint density at radius 3 is 2.83 bits per heavy atom. The number of rotatable bonds is 3. The highest BCUT2D eigenvalue weighted by Gasteiger charge is 2.48. The van der Waals surface area contributed by atoms with Crippen molar-refractivity contribution in [2.45, 2.75) is 44.2 Å². The van der Waals surface area contributed by atoms with Gasteiger partial charge in [0.05, 0.1) is 6.54 Å². The SMILES string of the molecule is Cc1ccc(CN2CCC3(CC2)NC(=O)C[C@H]3c2cccnc2)o1. The number of likely N-dealkylation sites (tertiary alicyclic amines) is 1. The summed E-state index contributed by atoms with van der Waals surface area (Å²) in [5, 5.41) is 3.29. The summed E-state index contributed by atoms with van der Waals surface area (Å²) in [6, 6.07) is 8.11. The minimum Gasteiger partial charge on any atom is -0.465 e. The van der Waals surface area contributed by atoms with E-state index >= 15 is 0 Å². The second-order valence-electron chi connectivity index (χ2n) is 7.04. The van der Waals surface area contributed by atoms with Gasteiger partial charge in [-0.3, -0.25) is 14.7 Å². The summed E-state index contributed by atoms with van der Waals surface area (Å²) < 4.78 is 5.69. The molecule has 4 heterocycles. The van der Waals surface area contributed by atoms with Crippen LogP contribution in [0.1, 0.15) is 42.3 Å². The van der Waals surface area contributed by atoms with Crippen LogP contribution in [-0.2, 0) is 11.3 Å². The number of carbonyl (C=O) groups excluding carboxylic acids is 1. The van der Waals surface area contributed by atoms with Gasteiger partial charge in [-0.15, -0.1) is 0 Å². The molecule has 2 aromatic heterocycles. The maximum absolute atomic E-state index is 12.1. The molecule has 2 fully saturated rings. The molecule has 0 unspecified atom stereocenters. The molecule has 24 heavy (non-hydrogen) atoms. The molecular weight excluding hydrogens is 302 g/mol. The molecule has 126 valence electrons. The van der Waals surface area contributed by atoms with Crippen LogP contribution in [0.25, 0.3) is 0 Å². The van der Waals surface area contributed by atoms with Crippen LogP contribution < -0.4 is 5.32 Å². The molecule has 1 atom stereocenters. The predicted molar refractivity (Wildman–Crippen MR) is 90.4 cm³/mol. The topological polar surface area (TPSA) is 58.4 Å². The fourth-order valence-corrected chi connectivity index (χ4v) is 4.19. The number of nitrogens with one attached hydrogen (secondary N) is 1. The molecule has 2 aliphatic rings. The number of aryl methyl sites for hydroxylation is 1. The average molecular weight is 325 g/mol. The summed E-state index contributed by atoms with van der Waals surface area (Å²) in [6.45, 7) is 4.75. The normalized spacial score (nSPS) is 23.5. The Labute approximate surface area is 142 Å². The van der Waals surface area contributed by atoms with Crippen molar-refractivity contribution >= 4 is 5.91 Å². The number of amides is 1. The molecule has 0 aromatic carbocycles.